The molecule has 0 unspecified atom stereocenters. The van der Waals surface area contributed by atoms with Gasteiger partial charge in [0.05, 0.1) is 14.2 Å². The lowest BCUT2D eigenvalue weighted by Crippen LogP contribution is -2.36. The standard InChI is InChI=1S/C25H32N4O4/c1-7-16(4)22(27-25(30)26-19-11-8-17(9-12-19)15(2)3)24-28-23(29-33-24)18-10-13-20(31-5)21(14-18)32-6/h8-16,22H,7H2,1-6H3,(H2,26,27,30)/t16-,22-/m1/s1. The van der Waals surface area contributed by atoms with Gasteiger partial charge in [-0.25, -0.2) is 4.79 Å². The van der Waals surface area contributed by atoms with E-state index in [2.05, 4.69) is 34.6 Å². The number of ether oxygens (including phenoxy) is 2. The second-order valence-electron chi connectivity index (χ2n) is 8.26. The first-order valence-corrected chi connectivity index (χ1v) is 11.1. The molecule has 1 heterocycles. The van der Waals surface area contributed by atoms with Crippen LogP contribution < -0.4 is 20.1 Å². The molecule has 2 N–H and O–H groups in total. The van der Waals surface area contributed by atoms with Crippen molar-refractivity contribution in [1.82, 2.24) is 15.5 Å². The lowest BCUT2D eigenvalue weighted by atomic mass is 9.99. The minimum Gasteiger partial charge on any atom is -0.493 e. The molecule has 2 aromatic carbocycles. The van der Waals surface area contributed by atoms with E-state index >= 15 is 0 Å². The number of benzene rings is 2. The zero-order chi connectivity index (χ0) is 24.0. The van der Waals surface area contributed by atoms with Gasteiger partial charge in [0.15, 0.2) is 11.5 Å². The van der Waals surface area contributed by atoms with E-state index in [1.54, 1.807) is 26.4 Å². The fourth-order valence-electron chi connectivity index (χ4n) is 3.40. The summed E-state index contributed by atoms with van der Waals surface area (Å²) in [6, 6.07) is 12.5. The molecule has 2 atom stereocenters. The van der Waals surface area contributed by atoms with Crippen molar-refractivity contribution < 1.29 is 18.8 Å². The van der Waals surface area contributed by atoms with Crippen LogP contribution >= 0.6 is 0 Å². The molecule has 0 radical (unpaired) electrons. The maximum atomic E-state index is 12.7. The molecule has 0 fully saturated rings. The number of nitrogens with zero attached hydrogens (tertiary/aromatic N) is 2. The number of urea groups is 1. The highest BCUT2D eigenvalue weighted by Gasteiger charge is 2.27. The third kappa shape index (κ3) is 5.83. The number of anilines is 1. The summed E-state index contributed by atoms with van der Waals surface area (Å²) < 4.78 is 16.2. The fourth-order valence-corrected chi connectivity index (χ4v) is 3.40. The maximum Gasteiger partial charge on any atom is 0.319 e. The van der Waals surface area contributed by atoms with Crippen molar-refractivity contribution in [2.75, 3.05) is 19.5 Å². The number of nitrogens with one attached hydrogen (secondary N) is 2. The van der Waals surface area contributed by atoms with Crippen molar-refractivity contribution in [2.24, 2.45) is 5.92 Å². The first-order valence-electron chi connectivity index (χ1n) is 11.1. The molecule has 1 aromatic heterocycles. The van der Waals surface area contributed by atoms with Crippen LogP contribution in [0.5, 0.6) is 11.5 Å². The number of aromatic nitrogens is 2. The Morgan fingerprint density at radius 3 is 2.33 bits per heavy atom. The van der Waals surface area contributed by atoms with Crippen LogP contribution in [-0.2, 0) is 0 Å². The Labute approximate surface area is 194 Å². The van der Waals surface area contributed by atoms with E-state index in [0.29, 0.717) is 29.1 Å². The predicted octanol–water partition coefficient (Wildman–Crippen LogP) is 5.79. The van der Waals surface area contributed by atoms with Gasteiger partial charge in [-0.15, -0.1) is 0 Å². The number of carbonyl (C=O) groups excluding carboxylic acids is 1. The summed E-state index contributed by atoms with van der Waals surface area (Å²) in [6.07, 6.45) is 0.822. The number of methoxy groups -OCH3 is 2. The van der Waals surface area contributed by atoms with Crippen molar-refractivity contribution in [3.63, 3.8) is 0 Å². The largest absolute Gasteiger partial charge is 0.493 e. The Morgan fingerprint density at radius 2 is 1.73 bits per heavy atom. The molecule has 2 amide bonds. The molecule has 0 saturated carbocycles. The summed E-state index contributed by atoms with van der Waals surface area (Å²) >= 11 is 0. The van der Waals surface area contributed by atoms with Crippen LogP contribution in [0.25, 0.3) is 11.4 Å². The van der Waals surface area contributed by atoms with E-state index in [-0.39, 0.29) is 11.9 Å². The number of rotatable bonds is 9. The smallest absolute Gasteiger partial charge is 0.319 e. The number of hydrogen-bond acceptors (Lipinski definition) is 6. The van der Waals surface area contributed by atoms with Gasteiger partial charge in [0.2, 0.25) is 11.7 Å². The van der Waals surface area contributed by atoms with Crippen molar-refractivity contribution in [3.8, 4) is 22.9 Å². The van der Waals surface area contributed by atoms with E-state index in [4.69, 9.17) is 14.0 Å². The first-order chi connectivity index (χ1) is 15.9. The molecule has 0 aliphatic heterocycles. The van der Waals surface area contributed by atoms with Crippen LogP contribution in [0.4, 0.5) is 10.5 Å². The summed E-state index contributed by atoms with van der Waals surface area (Å²) in [7, 11) is 3.15. The van der Waals surface area contributed by atoms with Crippen LogP contribution in [0.1, 0.15) is 57.5 Å². The maximum absolute atomic E-state index is 12.7. The Morgan fingerprint density at radius 1 is 1.03 bits per heavy atom. The van der Waals surface area contributed by atoms with Crippen LogP contribution in [0.2, 0.25) is 0 Å². The van der Waals surface area contributed by atoms with E-state index in [1.807, 2.05) is 44.2 Å². The topological polar surface area (TPSA) is 98.5 Å². The van der Waals surface area contributed by atoms with Gasteiger partial charge in [-0.1, -0.05) is 51.4 Å². The third-order valence-corrected chi connectivity index (χ3v) is 5.68. The number of amides is 2. The fraction of sp³-hybridized carbons (Fsp3) is 0.400. The average molecular weight is 453 g/mol. The lowest BCUT2D eigenvalue weighted by Gasteiger charge is -2.21. The third-order valence-electron chi connectivity index (χ3n) is 5.68. The molecule has 8 heteroatoms. The molecule has 33 heavy (non-hydrogen) atoms. The molecule has 0 bridgehead atoms. The normalized spacial score (nSPS) is 12.8. The zero-order valence-corrected chi connectivity index (χ0v) is 20.0. The van der Waals surface area contributed by atoms with Crippen molar-refractivity contribution in [3.05, 3.63) is 53.9 Å². The quantitative estimate of drug-likeness (QED) is 0.427. The molecular formula is C25H32N4O4. The van der Waals surface area contributed by atoms with Gasteiger partial charge in [0.25, 0.3) is 0 Å². The Balaban J connectivity index is 1.77. The van der Waals surface area contributed by atoms with Gasteiger partial charge in [0, 0.05) is 11.3 Å². The van der Waals surface area contributed by atoms with E-state index < -0.39 is 6.04 Å². The molecular weight excluding hydrogens is 420 g/mol. The minimum absolute atomic E-state index is 0.0813. The van der Waals surface area contributed by atoms with Crippen LogP contribution in [-0.4, -0.2) is 30.4 Å². The Hall–Kier alpha value is -3.55. The molecule has 0 aliphatic carbocycles. The second-order valence-corrected chi connectivity index (χ2v) is 8.26. The molecule has 0 spiro atoms. The lowest BCUT2D eigenvalue weighted by molar-refractivity contribution is 0.232. The number of hydrogen-bond donors (Lipinski definition) is 2. The molecule has 3 rings (SSSR count). The average Bonchev–Trinajstić information content (AvgIpc) is 3.31. The second kappa shape index (κ2) is 10.8. The number of carbonyl (C=O) groups is 1. The summed E-state index contributed by atoms with van der Waals surface area (Å²) in [5.41, 5.74) is 2.66. The van der Waals surface area contributed by atoms with Gasteiger partial charge in [-0.2, -0.15) is 4.98 Å². The highest BCUT2D eigenvalue weighted by atomic mass is 16.5. The van der Waals surface area contributed by atoms with Crippen molar-refractivity contribution >= 4 is 11.7 Å². The summed E-state index contributed by atoms with van der Waals surface area (Å²) in [6.45, 7) is 8.34. The molecule has 176 valence electrons. The van der Waals surface area contributed by atoms with Gasteiger partial charge < -0.3 is 24.6 Å². The summed E-state index contributed by atoms with van der Waals surface area (Å²) in [5.74, 6) is 2.45. The molecule has 3 aromatic rings. The first kappa shape index (κ1) is 24.1. The van der Waals surface area contributed by atoms with Gasteiger partial charge >= 0.3 is 6.03 Å². The van der Waals surface area contributed by atoms with Gasteiger partial charge in [-0.05, 0) is 47.7 Å². The molecule has 0 saturated heterocycles. The van der Waals surface area contributed by atoms with E-state index in [0.717, 1.165) is 17.7 Å². The minimum atomic E-state index is -0.439. The van der Waals surface area contributed by atoms with Gasteiger partial charge in [0.1, 0.15) is 6.04 Å². The van der Waals surface area contributed by atoms with E-state index in [1.165, 1.54) is 5.56 Å². The highest BCUT2D eigenvalue weighted by Crippen LogP contribution is 2.32. The highest BCUT2D eigenvalue weighted by molar-refractivity contribution is 5.89. The van der Waals surface area contributed by atoms with Crippen LogP contribution in [0.3, 0.4) is 0 Å². The monoisotopic (exact) mass is 452 g/mol. The van der Waals surface area contributed by atoms with Crippen molar-refractivity contribution in [2.45, 2.75) is 46.1 Å². The summed E-state index contributed by atoms with van der Waals surface area (Å²) in [4.78, 5) is 17.3. The van der Waals surface area contributed by atoms with Crippen LogP contribution in [0.15, 0.2) is 47.0 Å². The Bertz CT molecular complexity index is 1060. The summed E-state index contributed by atoms with van der Waals surface area (Å²) in [5, 5.41) is 9.99. The van der Waals surface area contributed by atoms with Gasteiger partial charge in [-0.3, -0.25) is 0 Å². The van der Waals surface area contributed by atoms with E-state index in [9.17, 15) is 4.79 Å². The molecule has 8 nitrogen and oxygen atoms in total. The Kier molecular flexibility index (Phi) is 7.92. The van der Waals surface area contributed by atoms with Crippen LogP contribution in [0, 0.1) is 5.92 Å². The predicted molar refractivity (Wildman–Crippen MR) is 128 cm³/mol. The van der Waals surface area contributed by atoms with Crippen molar-refractivity contribution in [1.29, 1.82) is 0 Å². The SMILES string of the molecule is CC[C@@H](C)[C@@H](NC(=O)Nc1ccc(C(C)C)cc1)c1nc(-c2ccc(OC)c(OC)c2)no1. The zero-order valence-electron chi connectivity index (χ0n) is 20.0. The molecule has 0 aliphatic rings.